The van der Waals surface area contributed by atoms with E-state index in [2.05, 4.69) is 49.4 Å². The summed E-state index contributed by atoms with van der Waals surface area (Å²) in [5, 5.41) is 2.58. The maximum Gasteiger partial charge on any atom is 0.410 e. The topological polar surface area (TPSA) is 29.5 Å². The van der Waals surface area contributed by atoms with Gasteiger partial charge in [0, 0.05) is 6.04 Å². The van der Waals surface area contributed by atoms with Gasteiger partial charge in [0.25, 0.3) is 0 Å². The lowest BCUT2D eigenvalue weighted by atomic mass is 9.81. The summed E-state index contributed by atoms with van der Waals surface area (Å²) >= 11 is 0. The molecule has 1 saturated heterocycles. The lowest BCUT2D eigenvalue weighted by Crippen LogP contribution is -2.51. The van der Waals surface area contributed by atoms with Crippen LogP contribution in [-0.4, -0.2) is 23.1 Å². The highest BCUT2D eigenvalue weighted by Crippen LogP contribution is 2.40. The second-order valence-corrected chi connectivity index (χ2v) is 8.47. The van der Waals surface area contributed by atoms with E-state index in [1.165, 1.54) is 27.5 Å². The molecular weight excluding hydrogens is 370 g/mol. The van der Waals surface area contributed by atoms with Crippen LogP contribution in [0.5, 0.6) is 0 Å². The maximum atomic E-state index is 13.0. The summed E-state index contributed by atoms with van der Waals surface area (Å²) in [5.74, 6) is 0. The zero-order valence-corrected chi connectivity index (χ0v) is 17.4. The fourth-order valence-electron chi connectivity index (χ4n) is 5.10. The Balaban J connectivity index is 1.43. The van der Waals surface area contributed by atoms with Gasteiger partial charge in [0.2, 0.25) is 0 Å². The van der Waals surface area contributed by atoms with Gasteiger partial charge in [-0.15, -0.1) is 0 Å². The average molecular weight is 398 g/mol. The van der Waals surface area contributed by atoms with Crippen LogP contribution in [0.3, 0.4) is 0 Å². The minimum atomic E-state index is -0.182. The van der Waals surface area contributed by atoms with Crippen molar-refractivity contribution in [2.75, 3.05) is 0 Å². The summed E-state index contributed by atoms with van der Waals surface area (Å²) in [5.41, 5.74) is 5.06. The van der Waals surface area contributed by atoms with Gasteiger partial charge in [0.15, 0.2) is 0 Å². The first-order chi connectivity index (χ1) is 14.7. The molecule has 0 radical (unpaired) electrons. The predicted octanol–water partition coefficient (Wildman–Crippen LogP) is 6.50. The average Bonchev–Trinajstić information content (AvgIpc) is 2.77. The Bertz CT molecular complexity index is 1100. The van der Waals surface area contributed by atoms with Crippen LogP contribution in [0.15, 0.2) is 72.8 Å². The molecule has 0 N–H and O–H groups in total. The number of benzene rings is 3. The van der Waals surface area contributed by atoms with Gasteiger partial charge in [0.05, 0.1) is 6.04 Å². The largest absolute Gasteiger partial charge is 0.445 e. The lowest BCUT2D eigenvalue weighted by molar-refractivity contribution is 0.0510. The molecule has 5 rings (SSSR count). The van der Waals surface area contributed by atoms with Gasteiger partial charge in [-0.2, -0.15) is 0 Å². The molecule has 0 spiro atoms. The van der Waals surface area contributed by atoms with Gasteiger partial charge < -0.3 is 4.74 Å². The van der Waals surface area contributed by atoms with Crippen LogP contribution in [0.1, 0.15) is 42.4 Å². The minimum absolute atomic E-state index is 0.120. The Morgan fingerprint density at radius 1 is 1.00 bits per heavy atom. The van der Waals surface area contributed by atoms with E-state index in [4.69, 9.17) is 4.74 Å². The van der Waals surface area contributed by atoms with Crippen molar-refractivity contribution in [3.05, 3.63) is 89.5 Å². The standard InChI is InChI=1S/C27H27NO2/c1-19-14-15-21-10-5-6-13-25(21)26(19)22-16-23-11-7-12-24(17-22)28(23)27(29)30-18-20-8-3-2-4-9-20/h2-6,8-10,13-16,23-24H,7,11-12,17-18H2,1H3. The number of fused-ring (bicyclic) bond motifs is 3. The number of aryl methyl sites for hydroxylation is 1. The van der Waals surface area contributed by atoms with E-state index in [-0.39, 0.29) is 18.2 Å². The molecule has 1 amide bonds. The summed E-state index contributed by atoms with van der Waals surface area (Å²) in [6.07, 6.45) is 6.25. The summed E-state index contributed by atoms with van der Waals surface area (Å²) in [4.78, 5) is 15.0. The third kappa shape index (κ3) is 3.49. The Kier molecular flexibility index (Phi) is 5.04. The van der Waals surface area contributed by atoms with Crippen molar-refractivity contribution >= 4 is 22.4 Å². The molecule has 3 aromatic carbocycles. The molecule has 2 bridgehead atoms. The lowest BCUT2D eigenvalue weighted by Gasteiger charge is -2.44. The summed E-state index contributed by atoms with van der Waals surface area (Å²) in [6, 6.07) is 23.3. The summed E-state index contributed by atoms with van der Waals surface area (Å²) < 4.78 is 5.70. The van der Waals surface area contributed by atoms with Crippen LogP contribution in [0.4, 0.5) is 4.79 Å². The highest BCUT2D eigenvalue weighted by atomic mass is 16.6. The van der Waals surface area contributed by atoms with Crippen molar-refractivity contribution in [2.45, 2.75) is 51.3 Å². The van der Waals surface area contributed by atoms with Gasteiger partial charge in [0.1, 0.15) is 6.61 Å². The first-order valence-electron chi connectivity index (χ1n) is 10.9. The van der Waals surface area contributed by atoms with Crippen LogP contribution in [0.2, 0.25) is 0 Å². The monoisotopic (exact) mass is 397 g/mol. The van der Waals surface area contributed by atoms with E-state index >= 15 is 0 Å². The molecule has 2 aliphatic heterocycles. The molecule has 2 aliphatic rings. The molecule has 2 atom stereocenters. The van der Waals surface area contributed by atoms with Crippen molar-refractivity contribution in [2.24, 2.45) is 0 Å². The van der Waals surface area contributed by atoms with Gasteiger partial charge >= 0.3 is 6.09 Å². The normalized spacial score (nSPS) is 20.7. The Labute approximate surface area is 178 Å². The second-order valence-electron chi connectivity index (χ2n) is 8.47. The SMILES string of the molecule is Cc1ccc2ccccc2c1C1=CC2CCCC(C1)N2C(=O)OCc1ccccc1. The van der Waals surface area contributed by atoms with Crippen LogP contribution in [0, 0.1) is 6.92 Å². The molecule has 152 valence electrons. The van der Waals surface area contributed by atoms with Crippen LogP contribution in [0.25, 0.3) is 16.3 Å². The third-order valence-electron chi connectivity index (χ3n) is 6.51. The number of amides is 1. The second kappa shape index (κ2) is 7.98. The van der Waals surface area contributed by atoms with Crippen LogP contribution < -0.4 is 0 Å². The van der Waals surface area contributed by atoms with Crippen molar-refractivity contribution in [3.63, 3.8) is 0 Å². The minimum Gasteiger partial charge on any atom is -0.445 e. The summed E-state index contributed by atoms with van der Waals surface area (Å²) in [6.45, 7) is 2.52. The fraction of sp³-hybridized carbons (Fsp3) is 0.296. The number of carbonyl (C=O) groups excluding carboxylic acids is 1. The van der Waals surface area contributed by atoms with Gasteiger partial charge in [-0.3, -0.25) is 4.90 Å². The zero-order valence-electron chi connectivity index (χ0n) is 17.4. The van der Waals surface area contributed by atoms with Crippen LogP contribution in [-0.2, 0) is 11.3 Å². The molecule has 3 heteroatoms. The molecule has 3 aromatic rings. The smallest absolute Gasteiger partial charge is 0.410 e. The third-order valence-corrected chi connectivity index (χ3v) is 6.51. The van der Waals surface area contributed by atoms with Gasteiger partial charge in [-0.05, 0) is 65.6 Å². The molecule has 3 nitrogen and oxygen atoms in total. The van der Waals surface area contributed by atoms with Crippen molar-refractivity contribution in [1.82, 2.24) is 4.90 Å². The molecule has 0 saturated carbocycles. The van der Waals surface area contributed by atoms with Crippen LogP contribution >= 0.6 is 0 Å². The molecule has 1 fully saturated rings. The molecule has 0 aliphatic carbocycles. The van der Waals surface area contributed by atoms with E-state index in [0.29, 0.717) is 6.61 Å². The van der Waals surface area contributed by atoms with Crippen molar-refractivity contribution in [3.8, 4) is 0 Å². The van der Waals surface area contributed by atoms with E-state index in [0.717, 1.165) is 31.2 Å². The molecule has 30 heavy (non-hydrogen) atoms. The highest BCUT2D eigenvalue weighted by Gasteiger charge is 2.38. The van der Waals surface area contributed by atoms with Crippen molar-refractivity contribution < 1.29 is 9.53 Å². The van der Waals surface area contributed by atoms with E-state index in [1.807, 2.05) is 35.2 Å². The van der Waals surface area contributed by atoms with E-state index < -0.39 is 0 Å². The Hall–Kier alpha value is -3.07. The zero-order chi connectivity index (χ0) is 20.5. The number of piperidine rings is 1. The quantitative estimate of drug-likeness (QED) is 0.505. The van der Waals surface area contributed by atoms with E-state index in [9.17, 15) is 4.79 Å². The fourth-order valence-corrected chi connectivity index (χ4v) is 5.10. The van der Waals surface area contributed by atoms with E-state index in [1.54, 1.807) is 0 Å². The first kappa shape index (κ1) is 18.9. The molecule has 2 heterocycles. The van der Waals surface area contributed by atoms with Crippen molar-refractivity contribution in [1.29, 1.82) is 0 Å². The number of hydrogen-bond donors (Lipinski definition) is 0. The Morgan fingerprint density at radius 2 is 1.80 bits per heavy atom. The predicted molar refractivity (Wildman–Crippen MR) is 121 cm³/mol. The first-order valence-corrected chi connectivity index (χ1v) is 10.9. The van der Waals surface area contributed by atoms with Gasteiger partial charge in [-0.1, -0.05) is 72.8 Å². The number of ether oxygens (including phenoxy) is 1. The number of rotatable bonds is 3. The highest BCUT2D eigenvalue weighted by molar-refractivity contribution is 5.95. The molecule has 2 unspecified atom stereocenters. The number of carbonyl (C=O) groups is 1. The molecular formula is C27H27NO2. The van der Waals surface area contributed by atoms with Gasteiger partial charge in [-0.25, -0.2) is 4.79 Å². The molecule has 0 aromatic heterocycles. The number of nitrogens with zero attached hydrogens (tertiary/aromatic N) is 1. The maximum absolute atomic E-state index is 13.0. The Morgan fingerprint density at radius 3 is 2.63 bits per heavy atom. The number of hydrogen-bond acceptors (Lipinski definition) is 2. The summed E-state index contributed by atoms with van der Waals surface area (Å²) in [7, 11) is 0.